The minimum Gasteiger partial charge on any atom is -0.496 e. The number of hydrogen-bond donors (Lipinski definition) is 0. The van der Waals surface area contributed by atoms with Crippen molar-refractivity contribution in [2.75, 3.05) is 13.9 Å². The molecule has 1 aromatic heterocycles. The van der Waals surface area contributed by atoms with Crippen LogP contribution >= 0.6 is 0 Å². The van der Waals surface area contributed by atoms with Crippen LogP contribution in [0, 0.1) is 0 Å². The zero-order valence-corrected chi connectivity index (χ0v) is 14.5. The molecule has 2 aliphatic rings. The number of benzene rings is 1. The summed E-state index contributed by atoms with van der Waals surface area (Å²) in [5.41, 5.74) is 0.710. The first-order chi connectivity index (χ1) is 11.9. The van der Waals surface area contributed by atoms with Crippen molar-refractivity contribution >= 4 is 16.9 Å². The summed E-state index contributed by atoms with van der Waals surface area (Å²) in [5, 5.41) is 0.833. The molecule has 1 atom stereocenters. The van der Waals surface area contributed by atoms with Gasteiger partial charge in [-0.2, -0.15) is 0 Å². The molecule has 0 amide bonds. The van der Waals surface area contributed by atoms with E-state index in [2.05, 4.69) is 4.98 Å². The molecule has 0 fully saturated rings. The molecule has 7 heteroatoms. The molecule has 7 nitrogen and oxygen atoms in total. The van der Waals surface area contributed by atoms with Crippen molar-refractivity contribution < 1.29 is 28.5 Å². The Morgan fingerprint density at radius 2 is 2.12 bits per heavy atom. The van der Waals surface area contributed by atoms with Gasteiger partial charge in [0.15, 0.2) is 11.5 Å². The minimum atomic E-state index is -0.786. The Balaban J connectivity index is 1.81. The number of methoxy groups -OCH3 is 1. The zero-order chi connectivity index (χ0) is 17.8. The summed E-state index contributed by atoms with van der Waals surface area (Å²) >= 11 is 0. The van der Waals surface area contributed by atoms with E-state index in [1.165, 1.54) is 6.92 Å². The number of hydrogen-bond acceptors (Lipinski definition) is 7. The summed E-state index contributed by atoms with van der Waals surface area (Å²) in [5.74, 6) is 2.05. The average Bonchev–Trinajstić information content (AvgIpc) is 3.17. The van der Waals surface area contributed by atoms with Crippen LogP contribution in [0.15, 0.2) is 12.1 Å². The van der Waals surface area contributed by atoms with Crippen molar-refractivity contribution in [1.29, 1.82) is 0 Å². The topological polar surface area (TPSA) is 76.1 Å². The molecule has 0 saturated heterocycles. The fraction of sp³-hybridized carbons (Fsp3) is 0.444. The lowest BCUT2D eigenvalue weighted by Gasteiger charge is -2.29. The Morgan fingerprint density at radius 1 is 1.32 bits per heavy atom. The summed E-state index contributed by atoms with van der Waals surface area (Å²) in [6.45, 7) is 5.20. The molecule has 0 spiro atoms. The molecule has 25 heavy (non-hydrogen) atoms. The lowest BCUT2D eigenvalue weighted by Crippen LogP contribution is -2.43. The van der Waals surface area contributed by atoms with Crippen LogP contribution in [0.2, 0.25) is 0 Å². The van der Waals surface area contributed by atoms with Crippen LogP contribution in [0.1, 0.15) is 26.3 Å². The van der Waals surface area contributed by atoms with E-state index in [9.17, 15) is 4.79 Å². The van der Waals surface area contributed by atoms with Crippen LogP contribution in [-0.2, 0) is 16.0 Å². The molecule has 1 unspecified atom stereocenters. The third kappa shape index (κ3) is 2.42. The Kier molecular flexibility index (Phi) is 3.42. The van der Waals surface area contributed by atoms with Gasteiger partial charge in [0.25, 0.3) is 0 Å². The normalized spacial score (nSPS) is 18.0. The van der Waals surface area contributed by atoms with Crippen molar-refractivity contribution in [3.63, 3.8) is 0 Å². The average molecular weight is 345 g/mol. The monoisotopic (exact) mass is 345 g/mol. The van der Waals surface area contributed by atoms with E-state index in [0.29, 0.717) is 35.1 Å². The summed E-state index contributed by atoms with van der Waals surface area (Å²) in [6.07, 6.45) is 0.186. The first kappa shape index (κ1) is 15.8. The van der Waals surface area contributed by atoms with Crippen molar-refractivity contribution in [3.05, 3.63) is 17.7 Å². The van der Waals surface area contributed by atoms with Gasteiger partial charge in [-0.3, -0.25) is 4.79 Å². The lowest BCUT2D eigenvalue weighted by atomic mass is 9.96. The highest BCUT2D eigenvalue weighted by atomic mass is 16.7. The molecule has 3 heterocycles. The van der Waals surface area contributed by atoms with Gasteiger partial charge in [-0.05, 0) is 26.0 Å². The number of nitrogens with zero attached hydrogens (tertiary/aromatic N) is 1. The first-order valence-corrected chi connectivity index (χ1v) is 8.06. The van der Waals surface area contributed by atoms with Gasteiger partial charge in [0.2, 0.25) is 12.7 Å². The maximum atomic E-state index is 11.4. The molecule has 2 aliphatic heterocycles. The number of pyridine rings is 1. The van der Waals surface area contributed by atoms with Gasteiger partial charge in [0, 0.05) is 18.7 Å². The van der Waals surface area contributed by atoms with E-state index in [4.69, 9.17) is 23.7 Å². The van der Waals surface area contributed by atoms with E-state index >= 15 is 0 Å². The van der Waals surface area contributed by atoms with Gasteiger partial charge in [-0.25, -0.2) is 4.98 Å². The quantitative estimate of drug-likeness (QED) is 0.792. The third-order valence-electron chi connectivity index (χ3n) is 4.53. The molecule has 0 bridgehead atoms. The Hall–Kier alpha value is -2.70. The number of carbonyl (C=O) groups excluding carboxylic acids is 1. The highest BCUT2D eigenvalue weighted by molar-refractivity contribution is 5.94. The fourth-order valence-corrected chi connectivity index (χ4v) is 3.38. The second-order valence-electron chi connectivity index (χ2n) is 6.63. The largest absolute Gasteiger partial charge is 0.496 e. The molecular formula is C18H19NO6. The van der Waals surface area contributed by atoms with Gasteiger partial charge in [0.05, 0.1) is 12.7 Å². The summed E-state index contributed by atoms with van der Waals surface area (Å²) in [7, 11) is 1.62. The molecule has 0 N–H and O–H groups in total. The second kappa shape index (κ2) is 5.40. The number of esters is 1. The number of fused-ring (bicyclic) bond motifs is 4. The highest BCUT2D eigenvalue weighted by Gasteiger charge is 2.42. The lowest BCUT2D eigenvalue weighted by molar-refractivity contribution is -0.161. The van der Waals surface area contributed by atoms with Crippen LogP contribution in [0.25, 0.3) is 10.9 Å². The van der Waals surface area contributed by atoms with E-state index < -0.39 is 5.60 Å². The predicted octanol–water partition coefficient (Wildman–Crippen LogP) is 2.62. The van der Waals surface area contributed by atoms with E-state index in [-0.39, 0.29) is 18.9 Å². The summed E-state index contributed by atoms with van der Waals surface area (Å²) in [6, 6.07) is 3.75. The number of carbonyl (C=O) groups is 1. The molecule has 0 aliphatic carbocycles. The maximum Gasteiger partial charge on any atom is 0.303 e. The van der Waals surface area contributed by atoms with Crippen molar-refractivity contribution in [2.24, 2.45) is 0 Å². The molecule has 1 aromatic carbocycles. The van der Waals surface area contributed by atoms with E-state index in [1.54, 1.807) is 7.11 Å². The van der Waals surface area contributed by atoms with Crippen molar-refractivity contribution in [1.82, 2.24) is 4.98 Å². The first-order valence-electron chi connectivity index (χ1n) is 8.06. The molecule has 132 valence electrons. The molecular weight excluding hydrogens is 326 g/mol. The van der Waals surface area contributed by atoms with Crippen LogP contribution < -0.4 is 18.9 Å². The van der Waals surface area contributed by atoms with Gasteiger partial charge >= 0.3 is 5.97 Å². The fourth-order valence-electron chi connectivity index (χ4n) is 3.38. The van der Waals surface area contributed by atoms with Crippen LogP contribution in [-0.4, -0.2) is 36.6 Å². The van der Waals surface area contributed by atoms with Gasteiger partial charge in [-0.15, -0.1) is 0 Å². The number of aromatic nitrogens is 1. The standard InChI is InChI=1S/C18H19NO6/c1-9(20)25-18(2,3)13-7-11-15(21-4)10-5-6-12-16(23-8-22-12)14(10)19-17(11)24-13/h5-6,13H,7-8H2,1-4H3. The smallest absolute Gasteiger partial charge is 0.303 e. The van der Waals surface area contributed by atoms with Crippen molar-refractivity contribution in [2.45, 2.75) is 38.9 Å². The molecule has 0 saturated carbocycles. The Morgan fingerprint density at radius 3 is 2.84 bits per heavy atom. The summed E-state index contributed by atoms with van der Waals surface area (Å²) < 4.78 is 28.1. The maximum absolute atomic E-state index is 11.4. The van der Waals surface area contributed by atoms with Gasteiger partial charge in [0.1, 0.15) is 23.0 Å². The van der Waals surface area contributed by atoms with Crippen LogP contribution in [0.5, 0.6) is 23.1 Å². The number of ether oxygens (including phenoxy) is 5. The van der Waals surface area contributed by atoms with Gasteiger partial charge in [-0.1, -0.05) is 0 Å². The van der Waals surface area contributed by atoms with Crippen LogP contribution in [0.3, 0.4) is 0 Å². The molecule has 2 aromatic rings. The summed E-state index contributed by atoms with van der Waals surface area (Å²) in [4.78, 5) is 16.0. The third-order valence-corrected chi connectivity index (χ3v) is 4.53. The van der Waals surface area contributed by atoms with Crippen LogP contribution in [0.4, 0.5) is 0 Å². The zero-order valence-electron chi connectivity index (χ0n) is 14.5. The highest BCUT2D eigenvalue weighted by Crippen LogP contribution is 2.47. The second-order valence-corrected chi connectivity index (χ2v) is 6.63. The van der Waals surface area contributed by atoms with E-state index in [1.807, 2.05) is 26.0 Å². The van der Waals surface area contributed by atoms with Gasteiger partial charge < -0.3 is 23.7 Å². The molecule has 4 rings (SSSR count). The Labute approximate surface area is 144 Å². The predicted molar refractivity (Wildman–Crippen MR) is 88.4 cm³/mol. The minimum absolute atomic E-state index is 0.165. The Bertz CT molecular complexity index is 876. The molecule has 0 radical (unpaired) electrons. The number of rotatable bonds is 3. The van der Waals surface area contributed by atoms with E-state index in [0.717, 1.165) is 10.9 Å². The van der Waals surface area contributed by atoms with Crippen molar-refractivity contribution in [3.8, 4) is 23.1 Å². The SMILES string of the molecule is COc1c2c(nc3c4c(ccc13)OCO4)OC(C(C)(C)OC(C)=O)C2.